The fourth-order valence-corrected chi connectivity index (χ4v) is 3.86. The first-order valence-corrected chi connectivity index (χ1v) is 9.88. The van der Waals surface area contributed by atoms with Crippen molar-refractivity contribution in [3.05, 3.63) is 17.3 Å². The first-order valence-electron chi connectivity index (χ1n) is 9.00. The molecule has 1 N–H and O–H groups in total. The zero-order valence-electron chi connectivity index (χ0n) is 14.9. The quantitative estimate of drug-likeness (QED) is 0.829. The summed E-state index contributed by atoms with van der Waals surface area (Å²) in [5, 5.41) is 6.93. The minimum atomic E-state index is 0.322. The lowest BCUT2D eigenvalue weighted by molar-refractivity contribution is 0.0543. The zero-order chi connectivity index (χ0) is 16.9. The van der Waals surface area contributed by atoms with Crippen LogP contribution in [-0.4, -0.2) is 53.3 Å². The fourth-order valence-electron chi connectivity index (χ4n) is 3.08. The highest BCUT2D eigenvalue weighted by Gasteiger charge is 2.20. The normalized spacial score (nSPS) is 17.0. The molecule has 3 rings (SSSR count). The molecule has 2 aromatic rings. The van der Waals surface area contributed by atoms with Crippen molar-refractivity contribution in [2.24, 2.45) is 0 Å². The van der Waals surface area contributed by atoms with Crippen LogP contribution in [0, 0.1) is 0 Å². The lowest BCUT2D eigenvalue weighted by Gasteiger charge is -2.32. The van der Waals surface area contributed by atoms with E-state index in [1.807, 2.05) is 0 Å². The summed E-state index contributed by atoms with van der Waals surface area (Å²) in [7, 11) is 0. The molecule has 0 aliphatic carbocycles. The van der Waals surface area contributed by atoms with Gasteiger partial charge in [0.05, 0.1) is 18.1 Å². The number of piperidine rings is 1. The van der Waals surface area contributed by atoms with Crippen LogP contribution in [0.25, 0.3) is 10.2 Å². The largest absolute Gasteiger partial charge is 0.377 e. The van der Waals surface area contributed by atoms with E-state index >= 15 is 0 Å². The second-order valence-electron chi connectivity index (χ2n) is 6.66. The molecule has 0 aromatic carbocycles. The number of aryl methyl sites for hydroxylation is 1. The summed E-state index contributed by atoms with van der Waals surface area (Å²) in [4.78, 5) is 12.9. The van der Waals surface area contributed by atoms with Gasteiger partial charge in [-0.3, -0.25) is 0 Å². The number of anilines is 1. The van der Waals surface area contributed by atoms with Crippen molar-refractivity contribution in [3.8, 4) is 0 Å². The van der Waals surface area contributed by atoms with E-state index < -0.39 is 0 Å². The second-order valence-corrected chi connectivity index (χ2v) is 7.56. The highest BCUT2D eigenvalue weighted by molar-refractivity contribution is 7.16. The molecule has 24 heavy (non-hydrogen) atoms. The van der Waals surface area contributed by atoms with Crippen molar-refractivity contribution in [2.75, 3.05) is 31.6 Å². The van der Waals surface area contributed by atoms with Crippen LogP contribution < -0.4 is 5.32 Å². The van der Waals surface area contributed by atoms with Crippen molar-refractivity contribution in [1.29, 1.82) is 0 Å². The van der Waals surface area contributed by atoms with E-state index in [1.54, 1.807) is 11.3 Å². The summed E-state index contributed by atoms with van der Waals surface area (Å²) in [6, 6.07) is 2.62. The zero-order valence-corrected chi connectivity index (χ0v) is 15.7. The molecule has 0 spiro atoms. The van der Waals surface area contributed by atoms with Crippen molar-refractivity contribution in [3.63, 3.8) is 0 Å². The van der Waals surface area contributed by atoms with Crippen LogP contribution in [-0.2, 0) is 11.2 Å². The molecule has 1 saturated heterocycles. The van der Waals surface area contributed by atoms with Crippen molar-refractivity contribution in [1.82, 2.24) is 14.9 Å². The third-order valence-corrected chi connectivity index (χ3v) is 5.28. The highest BCUT2D eigenvalue weighted by atomic mass is 32.1. The van der Waals surface area contributed by atoms with Crippen LogP contribution in [0.3, 0.4) is 0 Å². The molecule has 0 unspecified atom stereocenters. The minimum Gasteiger partial charge on any atom is -0.377 e. The maximum Gasteiger partial charge on any atom is 0.138 e. The summed E-state index contributed by atoms with van der Waals surface area (Å²) in [5.41, 5.74) is 0. The summed E-state index contributed by atoms with van der Waals surface area (Å²) >= 11 is 1.69. The van der Waals surface area contributed by atoms with Crippen LogP contribution in [0.2, 0.25) is 0 Å². The van der Waals surface area contributed by atoms with Gasteiger partial charge in [0.2, 0.25) is 0 Å². The van der Waals surface area contributed by atoms with Gasteiger partial charge in [0.25, 0.3) is 0 Å². The van der Waals surface area contributed by atoms with Gasteiger partial charge in [-0.2, -0.15) is 0 Å². The molecule has 5 nitrogen and oxygen atoms in total. The summed E-state index contributed by atoms with van der Waals surface area (Å²) in [5.74, 6) is 1.94. The number of rotatable bonds is 7. The maximum atomic E-state index is 5.66. The molecule has 0 amide bonds. The first kappa shape index (κ1) is 17.6. The monoisotopic (exact) mass is 348 g/mol. The Morgan fingerprint density at radius 1 is 1.33 bits per heavy atom. The molecule has 3 heterocycles. The molecule has 1 fully saturated rings. The fraction of sp³-hybridized carbons (Fsp3) is 0.667. The number of nitrogens with zero attached hydrogens (tertiary/aromatic N) is 3. The van der Waals surface area contributed by atoms with Crippen molar-refractivity contribution in [2.45, 2.75) is 52.2 Å². The number of nitrogens with one attached hydrogen (secondary N) is 1. The Labute approximate surface area is 148 Å². The second kappa shape index (κ2) is 8.23. The van der Waals surface area contributed by atoms with E-state index in [1.165, 1.54) is 0 Å². The number of fused-ring (bicyclic) bond motifs is 1. The molecule has 0 bridgehead atoms. The standard InChI is InChI=1S/C18H28N4OS/c1-4-16-20-17(15-7-12-24-18(15)21-16)19-14-5-8-22(9-6-14)10-11-23-13(2)3/h7,12-14H,4-6,8-11H2,1-3H3,(H,19,20,21). The Balaban J connectivity index is 1.55. The van der Waals surface area contributed by atoms with Gasteiger partial charge in [0, 0.05) is 32.1 Å². The molecule has 0 radical (unpaired) electrons. The SMILES string of the molecule is CCc1nc(NC2CCN(CCOC(C)C)CC2)c2ccsc2n1. The summed E-state index contributed by atoms with van der Waals surface area (Å²) in [6.45, 7) is 10.4. The number of ether oxygens (including phenoxy) is 1. The van der Waals surface area contributed by atoms with E-state index in [9.17, 15) is 0 Å². The summed E-state index contributed by atoms with van der Waals surface area (Å²) in [6.07, 6.45) is 3.50. The molecule has 1 aliphatic heterocycles. The topological polar surface area (TPSA) is 50.3 Å². The smallest absolute Gasteiger partial charge is 0.138 e. The molecular formula is C18H28N4OS. The predicted octanol–water partition coefficient (Wildman–Crippen LogP) is 3.56. The molecule has 2 aromatic heterocycles. The van der Waals surface area contributed by atoms with Gasteiger partial charge in [0.15, 0.2) is 0 Å². The van der Waals surface area contributed by atoms with E-state index in [0.717, 1.165) is 67.4 Å². The van der Waals surface area contributed by atoms with Gasteiger partial charge in [0.1, 0.15) is 16.5 Å². The number of aromatic nitrogens is 2. The van der Waals surface area contributed by atoms with Crippen LogP contribution in [0.4, 0.5) is 5.82 Å². The lowest BCUT2D eigenvalue weighted by Crippen LogP contribution is -2.40. The van der Waals surface area contributed by atoms with E-state index in [0.29, 0.717) is 12.1 Å². The van der Waals surface area contributed by atoms with Gasteiger partial charge in [-0.25, -0.2) is 9.97 Å². The molecule has 6 heteroatoms. The average Bonchev–Trinajstić information content (AvgIpc) is 3.05. The van der Waals surface area contributed by atoms with Gasteiger partial charge in [-0.1, -0.05) is 6.92 Å². The summed E-state index contributed by atoms with van der Waals surface area (Å²) < 4.78 is 5.66. The molecule has 0 saturated carbocycles. The molecule has 132 valence electrons. The Kier molecular flexibility index (Phi) is 6.03. The third-order valence-electron chi connectivity index (χ3n) is 4.47. The van der Waals surface area contributed by atoms with Gasteiger partial charge in [-0.15, -0.1) is 11.3 Å². The van der Waals surface area contributed by atoms with Crippen LogP contribution >= 0.6 is 11.3 Å². The number of likely N-dealkylation sites (tertiary alicyclic amines) is 1. The predicted molar refractivity (Wildman–Crippen MR) is 101 cm³/mol. The van der Waals surface area contributed by atoms with E-state index in [-0.39, 0.29) is 0 Å². The number of hydrogen-bond donors (Lipinski definition) is 1. The Morgan fingerprint density at radius 2 is 2.12 bits per heavy atom. The van der Waals surface area contributed by atoms with E-state index in [4.69, 9.17) is 9.72 Å². The number of thiophene rings is 1. The third kappa shape index (κ3) is 4.43. The molecule has 0 atom stereocenters. The van der Waals surface area contributed by atoms with Gasteiger partial charge >= 0.3 is 0 Å². The van der Waals surface area contributed by atoms with Crippen LogP contribution in [0.1, 0.15) is 39.4 Å². The minimum absolute atomic E-state index is 0.322. The number of hydrogen-bond acceptors (Lipinski definition) is 6. The van der Waals surface area contributed by atoms with Crippen LogP contribution in [0.5, 0.6) is 0 Å². The molecular weight excluding hydrogens is 320 g/mol. The van der Waals surface area contributed by atoms with Crippen molar-refractivity contribution >= 4 is 27.4 Å². The van der Waals surface area contributed by atoms with Gasteiger partial charge in [-0.05, 0) is 38.1 Å². The van der Waals surface area contributed by atoms with Gasteiger partial charge < -0.3 is 15.0 Å². The first-order chi connectivity index (χ1) is 11.7. The Bertz CT molecular complexity index is 650. The highest BCUT2D eigenvalue weighted by Crippen LogP contribution is 2.27. The maximum absolute atomic E-state index is 5.66. The average molecular weight is 349 g/mol. The van der Waals surface area contributed by atoms with Crippen molar-refractivity contribution < 1.29 is 4.74 Å². The van der Waals surface area contributed by atoms with Crippen LogP contribution in [0.15, 0.2) is 11.4 Å². The Hall–Kier alpha value is -1.24. The molecule has 1 aliphatic rings. The lowest BCUT2D eigenvalue weighted by atomic mass is 10.0. The Morgan fingerprint density at radius 3 is 2.83 bits per heavy atom. The van der Waals surface area contributed by atoms with E-state index in [2.05, 4.69) is 47.4 Å².